The molecule has 0 radical (unpaired) electrons. The first-order valence-electron chi connectivity index (χ1n) is 5.07. The van der Waals surface area contributed by atoms with Crippen LogP contribution in [0.2, 0.25) is 0 Å². The molecule has 0 aliphatic heterocycles. The molecule has 0 aromatic carbocycles. The monoisotopic (exact) mass is 275 g/mol. The fraction of sp³-hybridized carbons (Fsp3) is 0.0833. The molecule has 2 heterocycles. The topological polar surface area (TPSA) is 65.8 Å². The molecule has 4 nitrogen and oxygen atoms in total. The number of thiophene rings is 1. The number of nitriles is 1. The molecule has 0 unspecified atom stereocenters. The molecule has 0 atom stereocenters. The summed E-state index contributed by atoms with van der Waals surface area (Å²) < 4.78 is 0. The van der Waals surface area contributed by atoms with E-state index in [0.717, 1.165) is 10.4 Å². The van der Waals surface area contributed by atoms with E-state index in [9.17, 15) is 4.79 Å². The molecule has 0 fully saturated rings. The van der Waals surface area contributed by atoms with Crippen molar-refractivity contribution in [3.63, 3.8) is 0 Å². The fourth-order valence-corrected chi connectivity index (χ4v) is 2.64. The lowest BCUT2D eigenvalue weighted by Crippen LogP contribution is -2.13. The number of hydrogen-bond acceptors (Lipinski definition) is 5. The zero-order valence-corrected chi connectivity index (χ0v) is 11.1. The maximum Gasteiger partial charge on any atom is 0.268 e. The van der Waals surface area contributed by atoms with Gasteiger partial charge >= 0.3 is 0 Å². The first-order valence-corrected chi connectivity index (χ1v) is 6.83. The summed E-state index contributed by atoms with van der Waals surface area (Å²) in [6.07, 6.45) is 3.20. The zero-order chi connectivity index (χ0) is 13.0. The summed E-state index contributed by atoms with van der Waals surface area (Å²) in [6.45, 7) is 1.94. The van der Waals surface area contributed by atoms with Crippen molar-refractivity contribution in [2.45, 2.75) is 6.92 Å². The van der Waals surface area contributed by atoms with Crippen molar-refractivity contribution in [2.24, 2.45) is 0 Å². The minimum atomic E-state index is -0.430. The Bertz CT molecular complexity index is 620. The van der Waals surface area contributed by atoms with Crippen LogP contribution in [-0.2, 0) is 4.79 Å². The van der Waals surface area contributed by atoms with Gasteiger partial charge in [-0.25, -0.2) is 4.98 Å². The van der Waals surface area contributed by atoms with Crippen LogP contribution in [0.4, 0.5) is 5.13 Å². The zero-order valence-electron chi connectivity index (χ0n) is 9.51. The molecule has 6 heteroatoms. The Morgan fingerprint density at radius 2 is 2.33 bits per heavy atom. The minimum absolute atomic E-state index is 0.0794. The summed E-state index contributed by atoms with van der Waals surface area (Å²) in [5.74, 6) is -0.430. The molecule has 2 rings (SSSR count). The lowest BCUT2D eigenvalue weighted by Gasteiger charge is -1.99. The quantitative estimate of drug-likeness (QED) is 0.691. The van der Waals surface area contributed by atoms with Crippen LogP contribution in [0.5, 0.6) is 0 Å². The van der Waals surface area contributed by atoms with Crippen LogP contribution in [0.15, 0.2) is 28.6 Å². The Labute approximate surface area is 112 Å². The standard InChI is InChI=1S/C12H9N3OS2/c1-8-2-4-17-10(8)6-9(7-13)11(16)15-12-14-3-5-18-12/h2-6H,1H3,(H,14,15,16)/b9-6+. The van der Waals surface area contributed by atoms with Crippen molar-refractivity contribution in [3.05, 3.63) is 39.0 Å². The Hall–Kier alpha value is -1.97. The van der Waals surface area contributed by atoms with Gasteiger partial charge < -0.3 is 0 Å². The number of aromatic nitrogens is 1. The van der Waals surface area contributed by atoms with Gasteiger partial charge in [0.25, 0.3) is 5.91 Å². The van der Waals surface area contributed by atoms with E-state index in [-0.39, 0.29) is 5.57 Å². The lowest BCUT2D eigenvalue weighted by atomic mass is 10.2. The number of anilines is 1. The number of carbonyl (C=O) groups is 1. The lowest BCUT2D eigenvalue weighted by molar-refractivity contribution is -0.112. The Kier molecular flexibility index (Phi) is 3.87. The summed E-state index contributed by atoms with van der Waals surface area (Å²) in [6, 6.07) is 3.86. The minimum Gasteiger partial charge on any atom is -0.297 e. The first-order chi connectivity index (χ1) is 8.70. The van der Waals surface area contributed by atoms with Gasteiger partial charge in [0.1, 0.15) is 11.6 Å². The summed E-state index contributed by atoms with van der Waals surface area (Å²) in [5.41, 5.74) is 1.13. The fourth-order valence-electron chi connectivity index (χ4n) is 1.26. The van der Waals surface area contributed by atoms with E-state index in [1.165, 1.54) is 22.7 Å². The second kappa shape index (κ2) is 5.58. The summed E-state index contributed by atoms with van der Waals surface area (Å²) in [5, 5.41) is 15.8. The molecular formula is C12H9N3OS2. The molecule has 2 aromatic rings. The van der Waals surface area contributed by atoms with Gasteiger partial charge in [0.05, 0.1) is 0 Å². The molecular weight excluding hydrogens is 266 g/mol. The Balaban J connectivity index is 2.19. The van der Waals surface area contributed by atoms with Crippen molar-refractivity contribution >= 4 is 39.8 Å². The number of hydrogen-bond donors (Lipinski definition) is 1. The van der Waals surface area contributed by atoms with Crippen molar-refractivity contribution in [2.75, 3.05) is 5.32 Å². The van der Waals surface area contributed by atoms with Crippen LogP contribution in [0.1, 0.15) is 10.4 Å². The smallest absolute Gasteiger partial charge is 0.268 e. The first kappa shape index (κ1) is 12.5. The van der Waals surface area contributed by atoms with Crippen LogP contribution >= 0.6 is 22.7 Å². The average Bonchev–Trinajstić information content (AvgIpc) is 2.98. The molecule has 0 spiro atoms. The van der Waals surface area contributed by atoms with Crippen molar-refractivity contribution in [3.8, 4) is 6.07 Å². The molecule has 2 aromatic heterocycles. The molecule has 0 bridgehead atoms. The third-order valence-electron chi connectivity index (χ3n) is 2.20. The molecule has 0 saturated carbocycles. The molecule has 0 aliphatic rings. The van der Waals surface area contributed by atoms with Crippen molar-refractivity contribution < 1.29 is 4.79 Å². The highest BCUT2D eigenvalue weighted by Gasteiger charge is 2.11. The van der Waals surface area contributed by atoms with Crippen molar-refractivity contribution in [1.29, 1.82) is 5.26 Å². The number of amides is 1. The van der Waals surface area contributed by atoms with Gasteiger partial charge in [0.15, 0.2) is 5.13 Å². The van der Waals surface area contributed by atoms with Crippen LogP contribution in [0.25, 0.3) is 6.08 Å². The average molecular weight is 275 g/mol. The second-order valence-electron chi connectivity index (χ2n) is 3.43. The third-order valence-corrected chi connectivity index (χ3v) is 3.85. The van der Waals surface area contributed by atoms with Crippen LogP contribution < -0.4 is 5.32 Å². The van der Waals surface area contributed by atoms with Gasteiger partial charge in [-0.1, -0.05) is 0 Å². The number of thiazole rings is 1. The second-order valence-corrected chi connectivity index (χ2v) is 5.27. The van der Waals surface area contributed by atoms with Crippen LogP contribution in [0, 0.1) is 18.3 Å². The van der Waals surface area contributed by atoms with E-state index in [1.54, 1.807) is 17.7 Å². The molecule has 0 saturated heterocycles. The Morgan fingerprint density at radius 1 is 1.50 bits per heavy atom. The predicted molar refractivity (Wildman–Crippen MR) is 73.4 cm³/mol. The van der Waals surface area contributed by atoms with E-state index in [0.29, 0.717) is 5.13 Å². The van der Waals surface area contributed by atoms with Gasteiger partial charge in [-0.3, -0.25) is 10.1 Å². The van der Waals surface area contributed by atoms with Gasteiger partial charge in [0.2, 0.25) is 0 Å². The maximum absolute atomic E-state index is 11.8. The van der Waals surface area contributed by atoms with Gasteiger partial charge in [0, 0.05) is 16.5 Å². The number of carbonyl (C=O) groups excluding carboxylic acids is 1. The number of rotatable bonds is 3. The largest absolute Gasteiger partial charge is 0.297 e. The van der Waals surface area contributed by atoms with Crippen LogP contribution in [-0.4, -0.2) is 10.9 Å². The van der Waals surface area contributed by atoms with E-state index < -0.39 is 5.91 Å². The normalized spacial score (nSPS) is 11.0. The molecule has 90 valence electrons. The summed E-state index contributed by atoms with van der Waals surface area (Å²) >= 11 is 2.81. The number of nitrogens with one attached hydrogen (secondary N) is 1. The number of nitrogens with zero attached hydrogens (tertiary/aromatic N) is 2. The van der Waals surface area contributed by atoms with Crippen LogP contribution in [0.3, 0.4) is 0 Å². The molecule has 18 heavy (non-hydrogen) atoms. The van der Waals surface area contributed by atoms with Crippen molar-refractivity contribution in [1.82, 2.24) is 4.98 Å². The number of aryl methyl sites for hydroxylation is 1. The highest BCUT2D eigenvalue weighted by Crippen LogP contribution is 2.20. The van der Waals surface area contributed by atoms with E-state index in [2.05, 4.69) is 10.3 Å². The van der Waals surface area contributed by atoms with Gasteiger partial charge in [-0.05, 0) is 30.0 Å². The predicted octanol–water partition coefficient (Wildman–Crippen LogP) is 3.06. The summed E-state index contributed by atoms with van der Waals surface area (Å²) in [7, 11) is 0. The van der Waals surface area contributed by atoms with E-state index >= 15 is 0 Å². The highest BCUT2D eigenvalue weighted by molar-refractivity contribution is 7.13. The molecule has 1 N–H and O–H groups in total. The van der Waals surface area contributed by atoms with E-state index in [1.807, 2.05) is 24.4 Å². The third kappa shape index (κ3) is 2.83. The van der Waals surface area contributed by atoms with Gasteiger partial charge in [-0.2, -0.15) is 5.26 Å². The Morgan fingerprint density at radius 3 is 2.89 bits per heavy atom. The van der Waals surface area contributed by atoms with Gasteiger partial charge in [-0.15, -0.1) is 22.7 Å². The summed E-state index contributed by atoms with van der Waals surface area (Å²) in [4.78, 5) is 16.7. The highest BCUT2D eigenvalue weighted by atomic mass is 32.1. The van der Waals surface area contributed by atoms with E-state index in [4.69, 9.17) is 5.26 Å². The molecule has 0 aliphatic carbocycles. The molecule has 1 amide bonds. The SMILES string of the molecule is Cc1ccsc1/C=C(\C#N)C(=O)Nc1nccs1. The maximum atomic E-state index is 11.8.